The molecule has 2 rings (SSSR count). The Morgan fingerprint density at radius 2 is 1.76 bits per heavy atom. The van der Waals surface area contributed by atoms with Crippen LogP contribution in [-0.4, -0.2) is 6.61 Å². The van der Waals surface area contributed by atoms with Gasteiger partial charge in [0.1, 0.15) is 18.1 Å². The Morgan fingerprint density at radius 1 is 1.00 bits per heavy atom. The van der Waals surface area contributed by atoms with Crippen LogP contribution in [0.4, 0.5) is 0 Å². The molecule has 0 heterocycles. The summed E-state index contributed by atoms with van der Waals surface area (Å²) in [6.07, 6.45) is 0. The predicted octanol–water partition coefficient (Wildman–Crippen LogP) is 3.76. The summed E-state index contributed by atoms with van der Waals surface area (Å²) < 4.78 is 11.6. The maximum absolute atomic E-state index is 5.90. The maximum atomic E-state index is 5.90. The monoisotopic (exact) mass is 285 g/mol. The molecular formula is C18H23NO2. The van der Waals surface area contributed by atoms with Gasteiger partial charge in [0.05, 0.1) is 6.61 Å². The van der Waals surface area contributed by atoms with Crippen molar-refractivity contribution in [1.82, 2.24) is 0 Å². The number of ether oxygens (including phenoxy) is 2. The van der Waals surface area contributed by atoms with Crippen molar-refractivity contribution in [3.63, 3.8) is 0 Å². The zero-order valence-corrected chi connectivity index (χ0v) is 12.7. The van der Waals surface area contributed by atoms with E-state index in [0.717, 1.165) is 22.6 Å². The van der Waals surface area contributed by atoms with Crippen LogP contribution in [0, 0.1) is 5.92 Å². The quantitative estimate of drug-likeness (QED) is 0.842. The lowest BCUT2D eigenvalue weighted by Crippen LogP contribution is -2.06. The van der Waals surface area contributed by atoms with Crippen molar-refractivity contribution >= 4 is 0 Å². The Bertz CT molecular complexity index is 552. The molecule has 0 fully saturated rings. The highest BCUT2D eigenvalue weighted by Gasteiger charge is 2.06. The van der Waals surface area contributed by atoms with E-state index in [1.807, 2.05) is 48.5 Å². The first kappa shape index (κ1) is 15.4. The predicted molar refractivity (Wildman–Crippen MR) is 85.4 cm³/mol. The minimum absolute atomic E-state index is 0.453. The lowest BCUT2D eigenvalue weighted by molar-refractivity contribution is 0.265. The molecule has 3 heteroatoms. The van der Waals surface area contributed by atoms with E-state index in [9.17, 15) is 0 Å². The molecule has 112 valence electrons. The summed E-state index contributed by atoms with van der Waals surface area (Å²) in [6.45, 7) is 5.93. The van der Waals surface area contributed by atoms with Crippen LogP contribution in [0.1, 0.15) is 25.0 Å². The van der Waals surface area contributed by atoms with Crippen LogP contribution in [0.5, 0.6) is 11.5 Å². The normalized spacial score (nSPS) is 10.7. The number of nitrogens with two attached hydrogens (primary N) is 1. The van der Waals surface area contributed by atoms with Crippen LogP contribution in [0.15, 0.2) is 48.5 Å². The fourth-order valence-electron chi connectivity index (χ4n) is 1.93. The van der Waals surface area contributed by atoms with Crippen molar-refractivity contribution in [1.29, 1.82) is 0 Å². The van der Waals surface area contributed by atoms with E-state index < -0.39 is 0 Å². The highest BCUT2D eigenvalue weighted by molar-refractivity contribution is 5.40. The number of hydrogen-bond acceptors (Lipinski definition) is 3. The topological polar surface area (TPSA) is 44.5 Å². The molecule has 0 spiro atoms. The minimum Gasteiger partial charge on any atom is -0.493 e. The average Bonchev–Trinajstić information content (AvgIpc) is 2.52. The third-order valence-corrected chi connectivity index (χ3v) is 3.08. The van der Waals surface area contributed by atoms with Gasteiger partial charge in [-0.1, -0.05) is 50.2 Å². The SMILES string of the molecule is CC(C)COc1ccc(CN)c(OCc2ccccc2)c1. The molecule has 0 saturated carbocycles. The maximum Gasteiger partial charge on any atom is 0.127 e. The van der Waals surface area contributed by atoms with E-state index in [1.165, 1.54) is 0 Å². The van der Waals surface area contributed by atoms with Gasteiger partial charge in [-0.05, 0) is 17.5 Å². The summed E-state index contributed by atoms with van der Waals surface area (Å²) in [5, 5.41) is 0. The van der Waals surface area contributed by atoms with Gasteiger partial charge in [0, 0.05) is 18.2 Å². The van der Waals surface area contributed by atoms with E-state index in [4.69, 9.17) is 15.2 Å². The minimum atomic E-state index is 0.453. The molecule has 0 unspecified atom stereocenters. The van der Waals surface area contributed by atoms with Crippen LogP contribution >= 0.6 is 0 Å². The number of rotatable bonds is 7. The molecule has 2 N–H and O–H groups in total. The van der Waals surface area contributed by atoms with Crippen molar-refractivity contribution in [2.45, 2.75) is 27.0 Å². The molecule has 0 saturated heterocycles. The third kappa shape index (κ3) is 4.80. The Hall–Kier alpha value is -2.00. The largest absolute Gasteiger partial charge is 0.493 e. The Kier molecular flexibility index (Phi) is 5.64. The van der Waals surface area contributed by atoms with Gasteiger partial charge in [-0.3, -0.25) is 0 Å². The van der Waals surface area contributed by atoms with Gasteiger partial charge in [-0.25, -0.2) is 0 Å². The summed E-state index contributed by atoms with van der Waals surface area (Å²) in [5.41, 5.74) is 7.89. The zero-order valence-electron chi connectivity index (χ0n) is 12.7. The fourth-order valence-corrected chi connectivity index (χ4v) is 1.93. The van der Waals surface area contributed by atoms with Gasteiger partial charge in [0.2, 0.25) is 0 Å². The van der Waals surface area contributed by atoms with Crippen LogP contribution in [0.3, 0.4) is 0 Å². The molecule has 0 amide bonds. The van der Waals surface area contributed by atoms with Gasteiger partial charge >= 0.3 is 0 Å². The van der Waals surface area contributed by atoms with Crippen LogP contribution in [0.25, 0.3) is 0 Å². The smallest absolute Gasteiger partial charge is 0.127 e. The average molecular weight is 285 g/mol. The first-order valence-electron chi connectivity index (χ1n) is 7.31. The van der Waals surface area contributed by atoms with Crippen molar-refractivity contribution in [2.75, 3.05) is 6.61 Å². The molecule has 0 atom stereocenters. The number of hydrogen-bond donors (Lipinski definition) is 1. The van der Waals surface area contributed by atoms with Gasteiger partial charge in [0.25, 0.3) is 0 Å². The van der Waals surface area contributed by atoms with Crippen molar-refractivity contribution in [3.8, 4) is 11.5 Å². The fraction of sp³-hybridized carbons (Fsp3) is 0.333. The summed E-state index contributed by atoms with van der Waals surface area (Å²) in [7, 11) is 0. The Labute approximate surface area is 126 Å². The Balaban J connectivity index is 2.06. The molecule has 2 aromatic carbocycles. The first-order chi connectivity index (χ1) is 10.2. The summed E-state index contributed by atoms with van der Waals surface area (Å²) in [6, 6.07) is 15.9. The van der Waals surface area contributed by atoms with Gasteiger partial charge in [0.15, 0.2) is 0 Å². The number of benzene rings is 2. The molecule has 21 heavy (non-hydrogen) atoms. The van der Waals surface area contributed by atoms with Crippen LogP contribution < -0.4 is 15.2 Å². The van der Waals surface area contributed by atoms with E-state index in [0.29, 0.717) is 25.7 Å². The van der Waals surface area contributed by atoms with Gasteiger partial charge in [-0.2, -0.15) is 0 Å². The molecule has 3 nitrogen and oxygen atoms in total. The molecule has 0 radical (unpaired) electrons. The van der Waals surface area contributed by atoms with E-state index >= 15 is 0 Å². The lowest BCUT2D eigenvalue weighted by Gasteiger charge is -2.14. The molecule has 0 aliphatic rings. The van der Waals surface area contributed by atoms with E-state index in [1.54, 1.807) is 0 Å². The molecule has 2 aromatic rings. The highest BCUT2D eigenvalue weighted by Crippen LogP contribution is 2.26. The second kappa shape index (κ2) is 7.70. The molecule has 0 aromatic heterocycles. The first-order valence-corrected chi connectivity index (χ1v) is 7.31. The van der Waals surface area contributed by atoms with Gasteiger partial charge < -0.3 is 15.2 Å². The third-order valence-electron chi connectivity index (χ3n) is 3.08. The Morgan fingerprint density at radius 3 is 2.43 bits per heavy atom. The molecule has 0 aliphatic carbocycles. The van der Waals surface area contributed by atoms with Crippen molar-refractivity contribution in [2.24, 2.45) is 11.7 Å². The van der Waals surface area contributed by atoms with Crippen LogP contribution in [-0.2, 0) is 13.2 Å². The second-order valence-electron chi connectivity index (χ2n) is 5.45. The second-order valence-corrected chi connectivity index (χ2v) is 5.45. The highest BCUT2D eigenvalue weighted by atomic mass is 16.5. The van der Waals surface area contributed by atoms with E-state index in [-0.39, 0.29) is 0 Å². The summed E-state index contributed by atoms with van der Waals surface area (Å²) >= 11 is 0. The van der Waals surface area contributed by atoms with E-state index in [2.05, 4.69) is 13.8 Å². The zero-order chi connectivity index (χ0) is 15.1. The standard InChI is InChI=1S/C18H23NO2/c1-14(2)12-20-17-9-8-16(11-19)18(10-17)21-13-15-6-4-3-5-7-15/h3-10,14H,11-13,19H2,1-2H3. The summed E-state index contributed by atoms with van der Waals surface area (Å²) in [4.78, 5) is 0. The van der Waals surface area contributed by atoms with Crippen molar-refractivity contribution < 1.29 is 9.47 Å². The molecular weight excluding hydrogens is 262 g/mol. The summed E-state index contributed by atoms with van der Waals surface area (Å²) in [5.74, 6) is 2.11. The molecule has 0 bridgehead atoms. The lowest BCUT2D eigenvalue weighted by atomic mass is 10.2. The molecule has 0 aliphatic heterocycles. The van der Waals surface area contributed by atoms with Gasteiger partial charge in [-0.15, -0.1) is 0 Å². The van der Waals surface area contributed by atoms with Crippen molar-refractivity contribution in [3.05, 3.63) is 59.7 Å². The van der Waals surface area contributed by atoms with Crippen LogP contribution in [0.2, 0.25) is 0 Å².